The third-order valence-corrected chi connectivity index (χ3v) is 3.63. The van der Waals surface area contributed by atoms with Gasteiger partial charge >= 0.3 is 6.18 Å². The van der Waals surface area contributed by atoms with Crippen LogP contribution in [0.2, 0.25) is 0 Å². The van der Waals surface area contributed by atoms with Gasteiger partial charge in [-0.1, -0.05) is 31.3 Å². The zero-order chi connectivity index (χ0) is 14.0. The van der Waals surface area contributed by atoms with Gasteiger partial charge in [0.15, 0.2) is 11.9 Å². The van der Waals surface area contributed by atoms with E-state index in [0.717, 1.165) is 25.7 Å². The molecule has 0 radical (unpaired) electrons. The van der Waals surface area contributed by atoms with E-state index in [4.69, 9.17) is 4.52 Å². The van der Waals surface area contributed by atoms with Gasteiger partial charge < -0.3 is 9.63 Å². The normalized spacial score (nSPS) is 21.3. The molecule has 0 aliphatic heterocycles. The van der Waals surface area contributed by atoms with E-state index in [1.165, 1.54) is 13.3 Å². The fourth-order valence-electron chi connectivity index (χ4n) is 2.38. The summed E-state index contributed by atoms with van der Waals surface area (Å²) in [5, 5.41) is 12.9. The van der Waals surface area contributed by atoms with Crippen molar-refractivity contribution >= 4 is 0 Å². The lowest BCUT2D eigenvalue weighted by Crippen LogP contribution is -2.33. The van der Waals surface area contributed by atoms with Gasteiger partial charge in [-0.05, 0) is 12.8 Å². The first-order chi connectivity index (χ1) is 8.89. The SMILES string of the molecule is CC(c1nc(C2CCCCC2)no1)C(O)C(F)(F)F. The summed E-state index contributed by atoms with van der Waals surface area (Å²) in [7, 11) is 0. The molecule has 7 heteroatoms. The minimum absolute atomic E-state index is 0.148. The predicted molar refractivity (Wildman–Crippen MR) is 60.6 cm³/mol. The Kier molecular flexibility index (Phi) is 4.13. The summed E-state index contributed by atoms with van der Waals surface area (Å²) in [6.45, 7) is 1.23. The number of aliphatic hydroxyl groups excluding tert-OH is 1. The highest BCUT2D eigenvalue weighted by Crippen LogP contribution is 2.34. The molecule has 2 atom stereocenters. The van der Waals surface area contributed by atoms with Crippen LogP contribution in [0.5, 0.6) is 0 Å². The Morgan fingerprint density at radius 2 is 1.89 bits per heavy atom. The second-order valence-electron chi connectivity index (χ2n) is 5.10. The summed E-state index contributed by atoms with van der Waals surface area (Å²) >= 11 is 0. The molecule has 19 heavy (non-hydrogen) atoms. The zero-order valence-electron chi connectivity index (χ0n) is 10.7. The molecule has 2 rings (SSSR count). The first kappa shape index (κ1) is 14.3. The standard InChI is InChI=1S/C12H17F3N2O2/c1-7(9(18)12(13,14)15)11-16-10(17-19-11)8-5-3-2-4-6-8/h7-9,18H,2-6H2,1H3. The fraction of sp³-hybridized carbons (Fsp3) is 0.833. The highest BCUT2D eigenvalue weighted by molar-refractivity contribution is 5.01. The first-order valence-corrected chi connectivity index (χ1v) is 6.48. The van der Waals surface area contributed by atoms with E-state index in [-0.39, 0.29) is 11.8 Å². The van der Waals surface area contributed by atoms with Crippen LogP contribution in [0.3, 0.4) is 0 Å². The van der Waals surface area contributed by atoms with Gasteiger partial charge in [0.1, 0.15) is 0 Å². The van der Waals surface area contributed by atoms with Crippen LogP contribution in [0.15, 0.2) is 4.52 Å². The Morgan fingerprint density at radius 3 is 2.47 bits per heavy atom. The molecule has 1 aromatic heterocycles. The Morgan fingerprint density at radius 1 is 1.26 bits per heavy atom. The number of aromatic nitrogens is 2. The van der Waals surface area contributed by atoms with Gasteiger partial charge in [0.05, 0.1) is 5.92 Å². The Hall–Kier alpha value is -1.11. The topological polar surface area (TPSA) is 59.2 Å². The lowest BCUT2D eigenvalue weighted by atomic mass is 9.89. The van der Waals surface area contributed by atoms with Gasteiger partial charge in [-0.3, -0.25) is 0 Å². The van der Waals surface area contributed by atoms with E-state index in [0.29, 0.717) is 5.82 Å². The summed E-state index contributed by atoms with van der Waals surface area (Å²) in [6, 6.07) is 0. The first-order valence-electron chi connectivity index (χ1n) is 6.48. The minimum atomic E-state index is -4.68. The molecule has 1 fully saturated rings. The van der Waals surface area contributed by atoms with Gasteiger partial charge in [-0.25, -0.2) is 0 Å². The number of hydrogen-bond donors (Lipinski definition) is 1. The van der Waals surface area contributed by atoms with Gasteiger partial charge in [-0.15, -0.1) is 0 Å². The maximum atomic E-state index is 12.4. The average Bonchev–Trinajstić information content (AvgIpc) is 2.86. The van der Waals surface area contributed by atoms with Crippen molar-refractivity contribution in [1.29, 1.82) is 0 Å². The maximum absolute atomic E-state index is 12.4. The smallest absolute Gasteiger partial charge is 0.383 e. The highest BCUT2D eigenvalue weighted by atomic mass is 19.4. The molecule has 0 bridgehead atoms. The van der Waals surface area contributed by atoms with Gasteiger partial charge in [0.25, 0.3) is 0 Å². The molecule has 1 aromatic rings. The molecular formula is C12H17F3N2O2. The molecule has 0 aromatic carbocycles. The Labute approximate surface area is 109 Å². The summed E-state index contributed by atoms with van der Waals surface area (Å²) in [5.41, 5.74) is 0. The van der Waals surface area contributed by atoms with E-state index in [1.54, 1.807) is 0 Å². The molecule has 4 nitrogen and oxygen atoms in total. The zero-order valence-corrected chi connectivity index (χ0v) is 10.7. The molecule has 1 N–H and O–H groups in total. The van der Waals surface area contributed by atoms with Crippen LogP contribution in [-0.2, 0) is 0 Å². The number of rotatable bonds is 3. The molecule has 1 aliphatic rings. The van der Waals surface area contributed by atoms with E-state index in [9.17, 15) is 18.3 Å². The predicted octanol–water partition coefficient (Wildman–Crippen LogP) is 3.14. The Balaban J connectivity index is 2.07. The lowest BCUT2D eigenvalue weighted by Gasteiger charge is -2.19. The van der Waals surface area contributed by atoms with Crippen molar-refractivity contribution in [1.82, 2.24) is 10.1 Å². The van der Waals surface area contributed by atoms with Crippen molar-refractivity contribution in [2.45, 2.75) is 63.1 Å². The summed E-state index contributed by atoms with van der Waals surface area (Å²) in [6.07, 6.45) is -1.95. The number of aliphatic hydroxyl groups is 1. The molecule has 0 saturated heterocycles. The summed E-state index contributed by atoms with van der Waals surface area (Å²) in [5.74, 6) is -0.757. The molecule has 0 amide bonds. The van der Waals surface area contributed by atoms with Crippen LogP contribution in [-0.4, -0.2) is 27.5 Å². The van der Waals surface area contributed by atoms with Crippen LogP contribution in [0.1, 0.15) is 62.6 Å². The molecular weight excluding hydrogens is 261 g/mol. The van der Waals surface area contributed by atoms with Crippen LogP contribution < -0.4 is 0 Å². The van der Waals surface area contributed by atoms with Gasteiger partial charge in [0.2, 0.25) is 5.89 Å². The molecule has 1 heterocycles. The molecule has 0 spiro atoms. The average molecular weight is 278 g/mol. The molecule has 1 saturated carbocycles. The largest absolute Gasteiger partial charge is 0.415 e. The van der Waals surface area contributed by atoms with Gasteiger partial charge in [0, 0.05) is 5.92 Å². The number of halogens is 3. The Bertz CT molecular complexity index is 413. The number of hydrogen-bond acceptors (Lipinski definition) is 4. The number of alkyl halides is 3. The minimum Gasteiger partial charge on any atom is -0.383 e. The second kappa shape index (κ2) is 5.48. The van der Waals surface area contributed by atoms with Crippen molar-refractivity contribution < 1.29 is 22.8 Å². The molecule has 1 aliphatic carbocycles. The quantitative estimate of drug-likeness (QED) is 0.922. The van der Waals surface area contributed by atoms with Crippen molar-refractivity contribution in [3.8, 4) is 0 Å². The lowest BCUT2D eigenvalue weighted by molar-refractivity contribution is -0.210. The molecule has 2 unspecified atom stereocenters. The second-order valence-corrected chi connectivity index (χ2v) is 5.10. The van der Waals surface area contributed by atoms with Crippen molar-refractivity contribution in [2.24, 2.45) is 0 Å². The van der Waals surface area contributed by atoms with E-state index >= 15 is 0 Å². The third-order valence-electron chi connectivity index (χ3n) is 3.63. The van der Waals surface area contributed by atoms with Crippen molar-refractivity contribution in [3.63, 3.8) is 0 Å². The number of nitrogens with zero attached hydrogens (tertiary/aromatic N) is 2. The van der Waals surface area contributed by atoms with Crippen LogP contribution >= 0.6 is 0 Å². The van der Waals surface area contributed by atoms with E-state index < -0.39 is 18.2 Å². The van der Waals surface area contributed by atoms with Crippen LogP contribution in [0.25, 0.3) is 0 Å². The summed E-state index contributed by atoms with van der Waals surface area (Å²) < 4.78 is 42.1. The van der Waals surface area contributed by atoms with Crippen molar-refractivity contribution in [3.05, 3.63) is 11.7 Å². The summed E-state index contributed by atoms with van der Waals surface area (Å²) in [4.78, 5) is 4.03. The van der Waals surface area contributed by atoms with Gasteiger partial charge in [-0.2, -0.15) is 18.2 Å². The third kappa shape index (κ3) is 3.26. The fourth-order valence-corrected chi connectivity index (χ4v) is 2.38. The van der Waals surface area contributed by atoms with E-state index in [1.807, 2.05) is 0 Å². The highest BCUT2D eigenvalue weighted by Gasteiger charge is 2.44. The van der Waals surface area contributed by atoms with E-state index in [2.05, 4.69) is 10.1 Å². The van der Waals surface area contributed by atoms with Crippen LogP contribution in [0, 0.1) is 0 Å². The monoisotopic (exact) mass is 278 g/mol. The van der Waals surface area contributed by atoms with Crippen molar-refractivity contribution in [2.75, 3.05) is 0 Å². The molecule has 108 valence electrons. The maximum Gasteiger partial charge on any atom is 0.415 e. The van der Waals surface area contributed by atoms with Crippen LogP contribution in [0.4, 0.5) is 13.2 Å².